The van der Waals surface area contributed by atoms with Crippen molar-refractivity contribution in [2.24, 2.45) is 4.99 Å². The van der Waals surface area contributed by atoms with Crippen molar-refractivity contribution in [2.75, 3.05) is 26.7 Å². The van der Waals surface area contributed by atoms with E-state index in [2.05, 4.69) is 16.3 Å². The molecule has 2 saturated heterocycles. The maximum absolute atomic E-state index is 12.6. The second kappa shape index (κ2) is 6.58. The molecule has 2 aliphatic heterocycles. The normalized spacial score (nSPS) is 21.5. The van der Waals surface area contributed by atoms with E-state index in [1.54, 1.807) is 4.90 Å². The molecule has 0 bridgehead atoms. The fourth-order valence-corrected chi connectivity index (χ4v) is 2.90. The van der Waals surface area contributed by atoms with Crippen LogP contribution in [0.15, 0.2) is 17.4 Å². The predicted molar refractivity (Wildman–Crippen MR) is 75.2 cm³/mol. The van der Waals surface area contributed by atoms with Crippen LogP contribution in [0.5, 0.6) is 0 Å². The molecule has 5 nitrogen and oxygen atoms in total. The second-order valence-corrected chi connectivity index (χ2v) is 5.44. The number of halogens is 3. The standard InChI is InChI=1S/C14H20F3N3O2/c1-10(18-13(22-2)14(15,16)17)19-8-5-11(6-9-19)20-7-3-4-12(20)21/h11H,1,3-9H2,2H3/b18-13-. The van der Waals surface area contributed by atoms with E-state index >= 15 is 0 Å². The number of piperidine rings is 1. The molecule has 0 aromatic carbocycles. The molecule has 0 aliphatic carbocycles. The van der Waals surface area contributed by atoms with Gasteiger partial charge in [-0.05, 0) is 19.3 Å². The Bertz CT molecular complexity index is 468. The number of rotatable bonds is 3. The van der Waals surface area contributed by atoms with E-state index in [4.69, 9.17) is 0 Å². The second-order valence-electron chi connectivity index (χ2n) is 5.44. The van der Waals surface area contributed by atoms with Gasteiger partial charge in [0.05, 0.1) is 7.11 Å². The quantitative estimate of drug-likeness (QED) is 0.591. The van der Waals surface area contributed by atoms with E-state index in [1.165, 1.54) is 0 Å². The van der Waals surface area contributed by atoms with E-state index < -0.39 is 12.1 Å². The van der Waals surface area contributed by atoms with Gasteiger partial charge in [0.25, 0.3) is 5.90 Å². The molecular weight excluding hydrogens is 299 g/mol. The first kappa shape index (κ1) is 16.6. The van der Waals surface area contributed by atoms with E-state index in [0.29, 0.717) is 32.4 Å². The third-order valence-corrected chi connectivity index (χ3v) is 4.05. The summed E-state index contributed by atoms with van der Waals surface area (Å²) in [7, 11) is 0.935. The minimum atomic E-state index is -4.63. The molecule has 0 radical (unpaired) electrons. The lowest BCUT2D eigenvalue weighted by atomic mass is 10.0. The van der Waals surface area contributed by atoms with Crippen molar-refractivity contribution in [3.8, 4) is 0 Å². The maximum atomic E-state index is 12.6. The first-order valence-corrected chi connectivity index (χ1v) is 7.26. The van der Waals surface area contributed by atoms with Gasteiger partial charge in [-0.3, -0.25) is 4.79 Å². The van der Waals surface area contributed by atoms with E-state index in [-0.39, 0.29) is 17.8 Å². The average Bonchev–Trinajstić information content (AvgIpc) is 2.89. The molecule has 8 heteroatoms. The van der Waals surface area contributed by atoms with Crippen LogP contribution in [-0.4, -0.2) is 60.6 Å². The van der Waals surface area contributed by atoms with Gasteiger partial charge in [0, 0.05) is 32.1 Å². The Balaban J connectivity index is 1.92. The van der Waals surface area contributed by atoms with Crippen LogP contribution in [0.2, 0.25) is 0 Å². The number of amides is 1. The van der Waals surface area contributed by atoms with Crippen LogP contribution in [-0.2, 0) is 9.53 Å². The van der Waals surface area contributed by atoms with Gasteiger partial charge in [-0.15, -0.1) is 0 Å². The Morgan fingerprint density at radius 1 is 1.32 bits per heavy atom. The zero-order valence-electron chi connectivity index (χ0n) is 12.5. The molecule has 2 heterocycles. The lowest BCUT2D eigenvalue weighted by molar-refractivity contribution is -0.130. The van der Waals surface area contributed by atoms with Gasteiger partial charge in [-0.1, -0.05) is 6.58 Å². The molecular formula is C14H20F3N3O2. The lowest BCUT2D eigenvalue weighted by Gasteiger charge is -2.37. The van der Waals surface area contributed by atoms with Gasteiger partial charge < -0.3 is 14.5 Å². The van der Waals surface area contributed by atoms with Crippen LogP contribution in [0.4, 0.5) is 13.2 Å². The van der Waals surface area contributed by atoms with Gasteiger partial charge >= 0.3 is 6.18 Å². The number of carbonyl (C=O) groups excluding carboxylic acids is 1. The van der Waals surface area contributed by atoms with Crippen LogP contribution in [0.3, 0.4) is 0 Å². The molecule has 2 fully saturated rings. The van der Waals surface area contributed by atoms with E-state index in [0.717, 1.165) is 20.1 Å². The molecule has 22 heavy (non-hydrogen) atoms. The van der Waals surface area contributed by atoms with Crippen molar-refractivity contribution in [3.63, 3.8) is 0 Å². The summed E-state index contributed by atoms with van der Waals surface area (Å²) < 4.78 is 42.1. The lowest BCUT2D eigenvalue weighted by Crippen LogP contribution is -2.45. The van der Waals surface area contributed by atoms with Crippen LogP contribution in [0.1, 0.15) is 25.7 Å². The molecule has 124 valence electrons. The summed E-state index contributed by atoms with van der Waals surface area (Å²) in [6.45, 7) is 5.44. The highest BCUT2D eigenvalue weighted by Gasteiger charge is 2.38. The number of hydrogen-bond donors (Lipinski definition) is 0. The Labute approximate surface area is 127 Å². The highest BCUT2D eigenvalue weighted by molar-refractivity contribution is 5.82. The number of aliphatic imine (C=N–C) groups is 1. The summed E-state index contributed by atoms with van der Waals surface area (Å²) in [4.78, 5) is 18.7. The van der Waals surface area contributed by atoms with Crippen molar-refractivity contribution in [2.45, 2.75) is 37.9 Å². The number of carbonyl (C=O) groups is 1. The van der Waals surface area contributed by atoms with Crippen molar-refractivity contribution in [1.29, 1.82) is 0 Å². The summed E-state index contributed by atoms with van der Waals surface area (Å²) in [5.41, 5.74) is 0. The SMILES string of the molecule is C=C(/N=C(\OC)C(F)(F)F)N1CCC(N2CCCC2=O)CC1. The van der Waals surface area contributed by atoms with Gasteiger partial charge in [0.15, 0.2) is 0 Å². The zero-order valence-corrected chi connectivity index (χ0v) is 12.5. The number of ether oxygens (including phenoxy) is 1. The van der Waals surface area contributed by atoms with Gasteiger partial charge in [0.2, 0.25) is 5.91 Å². The third kappa shape index (κ3) is 3.72. The summed E-state index contributed by atoms with van der Waals surface area (Å²) in [6, 6.07) is 0.174. The molecule has 1 amide bonds. The summed E-state index contributed by atoms with van der Waals surface area (Å²) in [5, 5.41) is 0. The molecule has 0 atom stereocenters. The fraction of sp³-hybridized carbons (Fsp3) is 0.714. The van der Waals surface area contributed by atoms with Crippen molar-refractivity contribution < 1.29 is 22.7 Å². The summed E-state index contributed by atoms with van der Waals surface area (Å²) in [6.07, 6.45) is -1.71. The maximum Gasteiger partial charge on any atom is 0.468 e. The Morgan fingerprint density at radius 3 is 2.41 bits per heavy atom. The monoisotopic (exact) mass is 319 g/mol. The molecule has 0 unspecified atom stereocenters. The van der Waals surface area contributed by atoms with Crippen LogP contribution < -0.4 is 0 Å². The highest BCUT2D eigenvalue weighted by Crippen LogP contribution is 2.25. The van der Waals surface area contributed by atoms with Crippen LogP contribution in [0.25, 0.3) is 0 Å². The minimum absolute atomic E-state index is 0.0420. The smallest absolute Gasteiger partial charge is 0.468 e. The largest absolute Gasteiger partial charge is 0.478 e. The Hall–Kier alpha value is -1.73. The highest BCUT2D eigenvalue weighted by atomic mass is 19.4. The number of likely N-dealkylation sites (tertiary alicyclic amines) is 2. The van der Waals surface area contributed by atoms with Gasteiger partial charge in [-0.2, -0.15) is 18.2 Å². The van der Waals surface area contributed by atoms with Crippen molar-refractivity contribution >= 4 is 11.8 Å². The zero-order chi connectivity index (χ0) is 16.3. The number of nitrogens with zero attached hydrogens (tertiary/aromatic N) is 3. The van der Waals surface area contributed by atoms with E-state index in [1.807, 2.05) is 4.90 Å². The molecule has 2 rings (SSSR count). The molecule has 0 aromatic heterocycles. The van der Waals surface area contributed by atoms with Gasteiger partial charge in [0.1, 0.15) is 5.82 Å². The summed E-state index contributed by atoms with van der Waals surface area (Å²) in [5.74, 6) is -1.08. The molecule has 0 aromatic rings. The molecule has 0 saturated carbocycles. The Kier molecular flexibility index (Phi) is 4.97. The number of alkyl halides is 3. The first-order valence-electron chi connectivity index (χ1n) is 7.26. The predicted octanol–water partition coefficient (Wildman–Crippen LogP) is 2.15. The minimum Gasteiger partial charge on any atom is -0.478 e. The van der Waals surface area contributed by atoms with Crippen molar-refractivity contribution in [1.82, 2.24) is 9.80 Å². The van der Waals surface area contributed by atoms with Gasteiger partial charge in [-0.25, -0.2) is 0 Å². The third-order valence-electron chi connectivity index (χ3n) is 4.05. The number of hydrogen-bond acceptors (Lipinski definition) is 4. The van der Waals surface area contributed by atoms with E-state index in [9.17, 15) is 18.0 Å². The van der Waals surface area contributed by atoms with Crippen LogP contribution in [0, 0.1) is 0 Å². The molecule has 2 aliphatic rings. The fourth-order valence-electron chi connectivity index (χ4n) is 2.90. The van der Waals surface area contributed by atoms with Crippen LogP contribution >= 0.6 is 0 Å². The molecule has 0 N–H and O–H groups in total. The average molecular weight is 319 g/mol. The topological polar surface area (TPSA) is 45.1 Å². The van der Waals surface area contributed by atoms with Crippen molar-refractivity contribution in [3.05, 3.63) is 12.4 Å². The summed E-state index contributed by atoms with van der Waals surface area (Å²) >= 11 is 0. The number of methoxy groups -OCH3 is 1. The molecule has 0 spiro atoms. The Morgan fingerprint density at radius 2 is 1.95 bits per heavy atom. The first-order chi connectivity index (χ1) is 10.3.